The zero-order valence-electron chi connectivity index (χ0n) is 12.4. The van der Waals surface area contributed by atoms with E-state index >= 15 is 0 Å². The molecule has 0 saturated carbocycles. The Morgan fingerprint density at radius 1 is 1.05 bits per heavy atom. The van der Waals surface area contributed by atoms with Gasteiger partial charge in [0, 0.05) is 30.3 Å². The van der Waals surface area contributed by atoms with E-state index in [-0.39, 0.29) is 0 Å². The van der Waals surface area contributed by atoms with Crippen LogP contribution in [0, 0.1) is 6.92 Å². The van der Waals surface area contributed by atoms with Gasteiger partial charge in [0.15, 0.2) is 0 Å². The van der Waals surface area contributed by atoms with Crippen LogP contribution < -0.4 is 15.4 Å². The Bertz CT molecular complexity index is 570. The van der Waals surface area contributed by atoms with Crippen LogP contribution in [0.15, 0.2) is 42.5 Å². The van der Waals surface area contributed by atoms with Crippen molar-refractivity contribution in [1.82, 2.24) is 5.32 Å². The first-order valence-electron chi connectivity index (χ1n) is 7.02. The molecule has 2 N–H and O–H groups in total. The summed E-state index contributed by atoms with van der Waals surface area (Å²) in [7, 11) is 1.68. The van der Waals surface area contributed by atoms with E-state index in [1.165, 1.54) is 5.56 Å². The molecule has 0 bridgehead atoms. The molecule has 2 aromatic carbocycles. The van der Waals surface area contributed by atoms with Crippen molar-refractivity contribution in [3.05, 3.63) is 58.6 Å². The second-order valence-corrected chi connectivity index (χ2v) is 5.32. The highest BCUT2D eigenvalue weighted by atomic mass is 35.5. The first-order chi connectivity index (χ1) is 10.2. The zero-order chi connectivity index (χ0) is 15.1. The first-order valence-corrected chi connectivity index (χ1v) is 7.40. The third-order valence-corrected chi connectivity index (χ3v) is 3.70. The van der Waals surface area contributed by atoms with Crippen molar-refractivity contribution in [2.45, 2.75) is 13.5 Å². The summed E-state index contributed by atoms with van der Waals surface area (Å²) in [4.78, 5) is 0. The van der Waals surface area contributed by atoms with Gasteiger partial charge in [-0.15, -0.1) is 0 Å². The molecule has 4 heteroatoms. The van der Waals surface area contributed by atoms with E-state index in [4.69, 9.17) is 16.3 Å². The molecule has 21 heavy (non-hydrogen) atoms. The SMILES string of the molecule is COc1ccc(CNCCNc2ccc(C)c(Cl)c2)cc1. The molecule has 0 unspecified atom stereocenters. The van der Waals surface area contributed by atoms with E-state index in [9.17, 15) is 0 Å². The number of hydrogen-bond acceptors (Lipinski definition) is 3. The fourth-order valence-electron chi connectivity index (χ4n) is 1.97. The lowest BCUT2D eigenvalue weighted by Crippen LogP contribution is -2.21. The van der Waals surface area contributed by atoms with Crippen LogP contribution in [0.2, 0.25) is 5.02 Å². The average molecular weight is 305 g/mol. The number of ether oxygens (including phenoxy) is 1. The second-order valence-electron chi connectivity index (χ2n) is 4.92. The van der Waals surface area contributed by atoms with E-state index in [1.54, 1.807) is 7.11 Å². The van der Waals surface area contributed by atoms with E-state index in [1.807, 2.05) is 37.3 Å². The lowest BCUT2D eigenvalue weighted by Gasteiger charge is -2.09. The Balaban J connectivity index is 1.68. The number of benzene rings is 2. The lowest BCUT2D eigenvalue weighted by molar-refractivity contribution is 0.414. The maximum Gasteiger partial charge on any atom is 0.118 e. The summed E-state index contributed by atoms with van der Waals surface area (Å²) in [5.74, 6) is 0.886. The number of hydrogen-bond donors (Lipinski definition) is 2. The van der Waals surface area contributed by atoms with Gasteiger partial charge in [-0.25, -0.2) is 0 Å². The lowest BCUT2D eigenvalue weighted by atomic mass is 10.2. The largest absolute Gasteiger partial charge is 0.497 e. The van der Waals surface area contributed by atoms with Crippen LogP contribution in [-0.2, 0) is 6.54 Å². The van der Waals surface area contributed by atoms with Gasteiger partial charge < -0.3 is 15.4 Å². The molecular formula is C17H21ClN2O. The maximum absolute atomic E-state index is 6.09. The van der Waals surface area contributed by atoms with Gasteiger partial charge in [-0.1, -0.05) is 29.8 Å². The number of rotatable bonds is 7. The minimum absolute atomic E-state index is 0.797. The minimum atomic E-state index is 0.797. The molecule has 0 aliphatic carbocycles. The summed E-state index contributed by atoms with van der Waals surface area (Å²) in [6.45, 7) is 4.59. The normalized spacial score (nSPS) is 10.4. The van der Waals surface area contributed by atoms with Gasteiger partial charge in [0.2, 0.25) is 0 Å². The number of nitrogens with one attached hydrogen (secondary N) is 2. The van der Waals surface area contributed by atoms with Crippen LogP contribution in [-0.4, -0.2) is 20.2 Å². The van der Waals surface area contributed by atoms with Crippen LogP contribution in [0.4, 0.5) is 5.69 Å². The van der Waals surface area contributed by atoms with Crippen molar-refractivity contribution in [2.75, 3.05) is 25.5 Å². The van der Waals surface area contributed by atoms with Crippen molar-refractivity contribution in [3.63, 3.8) is 0 Å². The smallest absolute Gasteiger partial charge is 0.118 e. The molecule has 0 spiro atoms. The summed E-state index contributed by atoms with van der Waals surface area (Å²) in [6.07, 6.45) is 0. The van der Waals surface area contributed by atoms with E-state index in [0.717, 1.165) is 41.7 Å². The molecule has 0 amide bonds. The molecule has 2 rings (SSSR count). The summed E-state index contributed by atoms with van der Waals surface area (Å²) >= 11 is 6.09. The molecule has 0 aromatic heterocycles. The highest BCUT2D eigenvalue weighted by Gasteiger charge is 1.97. The summed E-state index contributed by atoms with van der Waals surface area (Å²) in [5, 5.41) is 7.55. The van der Waals surface area contributed by atoms with Gasteiger partial charge in [-0.05, 0) is 42.3 Å². The molecule has 112 valence electrons. The molecule has 0 fully saturated rings. The molecule has 3 nitrogen and oxygen atoms in total. The Morgan fingerprint density at radius 3 is 2.48 bits per heavy atom. The van der Waals surface area contributed by atoms with Gasteiger partial charge in [0.25, 0.3) is 0 Å². The summed E-state index contributed by atoms with van der Waals surface area (Å²) < 4.78 is 5.14. The van der Waals surface area contributed by atoms with Gasteiger partial charge >= 0.3 is 0 Å². The quantitative estimate of drug-likeness (QED) is 0.762. The minimum Gasteiger partial charge on any atom is -0.497 e. The van der Waals surface area contributed by atoms with Crippen molar-refractivity contribution < 1.29 is 4.74 Å². The van der Waals surface area contributed by atoms with E-state index in [2.05, 4.69) is 22.8 Å². The zero-order valence-corrected chi connectivity index (χ0v) is 13.2. The third kappa shape index (κ3) is 4.96. The highest BCUT2D eigenvalue weighted by molar-refractivity contribution is 6.31. The highest BCUT2D eigenvalue weighted by Crippen LogP contribution is 2.19. The summed E-state index contributed by atoms with van der Waals surface area (Å²) in [5.41, 5.74) is 3.39. The van der Waals surface area contributed by atoms with E-state index in [0.29, 0.717) is 0 Å². The van der Waals surface area contributed by atoms with Gasteiger partial charge in [-0.3, -0.25) is 0 Å². The number of anilines is 1. The van der Waals surface area contributed by atoms with Gasteiger partial charge in [0.05, 0.1) is 7.11 Å². The van der Waals surface area contributed by atoms with Crippen molar-refractivity contribution in [3.8, 4) is 5.75 Å². The molecule has 0 radical (unpaired) electrons. The molecule has 0 aliphatic rings. The van der Waals surface area contributed by atoms with Crippen LogP contribution in [0.3, 0.4) is 0 Å². The van der Waals surface area contributed by atoms with Crippen LogP contribution >= 0.6 is 11.6 Å². The predicted molar refractivity (Wildman–Crippen MR) is 89.4 cm³/mol. The second kappa shape index (κ2) is 7.91. The van der Waals surface area contributed by atoms with Crippen molar-refractivity contribution in [1.29, 1.82) is 0 Å². The molecule has 0 aliphatic heterocycles. The molecule has 2 aromatic rings. The Kier molecular flexibility index (Phi) is 5.90. The van der Waals surface area contributed by atoms with Gasteiger partial charge in [-0.2, -0.15) is 0 Å². The Hall–Kier alpha value is -1.71. The van der Waals surface area contributed by atoms with Crippen LogP contribution in [0.5, 0.6) is 5.75 Å². The topological polar surface area (TPSA) is 33.3 Å². The Morgan fingerprint density at radius 2 is 1.81 bits per heavy atom. The molecule has 0 saturated heterocycles. The van der Waals surface area contributed by atoms with Crippen LogP contribution in [0.25, 0.3) is 0 Å². The number of aryl methyl sites for hydroxylation is 1. The number of halogens is 1. The maximum atomic E-state index is 6.09. The molecule has 0 atom stereocenters. The monoisotopic (exact) mass is 304 g/mol. The predicted octanol–water partition coefficient (Wildman–Crippen LogP) is 3.86. The third-order valence-electron chi connectivity index (χ3n) is 3.29. The first kappa shape index (κ1) is 15.7. The van der Waals surface area contributed by atoms with Gasteiger partial charge in [0.1, 0.15) is 5.75 Å². The van der Waals surface area contributed by atoms with E-state index < -0.39 is 0 Å². The van der Waals surface area contributed by atoms with Crippen LogP contribution in [0.1, 0.15) is 11.1 Å². The van der Waals surface area contributed by atoms with Crippen molar-refractivity contribution in [2.24, 2.45) is 0 Å². The summed E-state index contributed by atoms with van der Waals surface area (Å²) in [6, 6.07) is 14.1. The van der Waals surface area contributed by atoms with Crippen molar-refractivity contribution >= 4 is 17.3 Å². The fourth-order valence-corrected chi connectivity index (χ4v) is 2.15. The fraction of sp³-hybridized carbons (Fsp3) is 0.294. The molecular weight excluding hydrogens is 284 g/mol. The Labute approximate surface area is 131 Å². The molecule has 0 heterocycles. The number of methoxy groups -OCH3 is 1. The average Bonchev–Trinajstić information content (AvgIpc) is 2.51. The standard InChI is InChI=1S/C17H21ClN2O/c1-13-3-6-15(11-17(13)18)20-10-9-19-12-14-4-7-16(21-2)8-5-14/h3-8,11,19-20H,9-10,12H2,1-2H3.